The van der Waals surface area contributed by atoms with Crippen molar-refractivity contribution in [3.63, 3.8) is 0 Å². The normalized spacial score (nSPS) is 10.6. The van der Waals surface area contributed by atoms with Crippen molar-refractivity contribution >= 4 is 23.3 Å². The summed E-state index contributed by atoms with van der Waals surface area (Å²) in [4.78, 5) is 12.8. The second kappa shape index (κ2) is 9.29. The minimum Gasteiger partial charge on any atom is -0.489 e. The van der Waals surface area contributed by atoms with Crippen molar-refractivity contribution < 1.29 is 9.53 Å². The number of hydrogen-bond acceptors (Lipinski definition) is 3. The van der Waals surface area contributed by atoms with Crippen LogP contribution in [0.15, 0.2) is 91.1 Å². The quantitative estimate of drug-likeness (QED) is 0.437. The summed E-state index contributed by atoms with van der Waals surface area (Å²) >= 11 is 5.94. The number of amides is 1. The Labute approximate surface area is 179 Å². The number of nitrogens with zero attached hydrogens (tertiary/aromatic N) is 2. The highest BCUT2D eigenvalue weighted by Gasteiger charge is 2.11. The summed E-state index contributed by atoms with van der Waals surface area (Å²) < 4.78 is 7.56. The zero-order valence-corrected chi connectivity index (χ0v) is 16.9. The molecular formula is C24H20ClN3O2. The molecule has 0 spiro atoms. The lowest BCUT2D eigenvalue weighted by molar-refractivity contribution is 0.102. The largest absolute Gasteiger partial charge is 0.489 e. The summed E-state index contributed by atoms with van der Waals surface area (Å²) in [7, 11) is 0. The molecule has 0 fully saturated rings. The molecule has 1 N–H and O–H groups in total. The molecule has 0 aliphatic heterocycles. The Morgan fingerprint density at radius 2 is 1.73 bits per heavy atom. The molecule has 150 valence electrons. The van der Waals surface area contributed by atoms with Gasteiger partial charge < -0.3 is 10.1 Å². The van der Waals surface area contributed by atoms with E-state index in [0.29, 0.717) is 35.3 Å². The number of aromatic nitrogens is 2. The van der Waals surface area contributed by atoms with Crippen LogP contribution < -0.4 is 10.1 Å². The van der Waals surface area contributed by atoms with E-state index in [-0.39, 0.29) is 5.91 Å². The maximum absolute atomic E-state index is 12.8. The lowest BCUT2D eigenvalue weighted by Crippen LogP contribution is -2.16. The van der Waals surface area contributed by atoms with Gasteiger partial charge in [-0.2, -0.15) is 5.10 Å². The maximum atomic E-state index is 12.8. The molecule has 0 bridgehead atoms. The molecule has 6 heteroatoms. The van der Waals surface area contributed by atoms with Gasteiger partial charge in [0, 0.05) is 16.7 Å². The van der Waals surface area contributed by atoms with Crippen LogP contribution in [0.5, 0.6) is 5.75 Å². The number of rotatable bonds is 7. The fourth-order valence-corrected chi connectivity index (χ4v) is 3.11. The van der Waals surface area contributed by atoms with E-state index in [1.54, 1.807) is 35.1 Å². The SMILES string of the molecule is O=C(Nc1ccnn1Cc1ccc(Cl)cc1)c1cccc(OCc2ccccc2)c1. The van der Waals surface area contributed by atoms with Crippen LogP contribution in [0.4, 0.5) is 5.82 Å². The van der Waals surface area contributed by atoms with Crippen molar-refractivity contribution in [2.24, 2.45) is 0 Å². The van der Waals surface area contributed by atoms with E-state index in [4.69, 9.17) is 16.3 Å². The van der Waals surface area contributed by atoms with Gasteiger partial charge in [0.15, 0.2) is 0 Å². The fourth-order valence-electron chi connectivity index (χ4n) is 2.98. The lowest BCUT2D eigenvalue weighted by atomic mass is 10.2. The summed E-state index contributed by atoms with van der Waals surface area (Å²) in [5.74, 6) is 1.03. The first-order valence-electron chi connectivity index (χ1n) is 9.52. The van der Waals surface area contributed by atoms with Crippen LogP contribution >= 0.6 is 11.6 Å². The summed E-state index contributed by atoms with van der Waals surface area (Å²) in [5, 5.41) is 7.91. The minimum absolute atomic E-state index is 0.224. The highest BCUT2D eigenvalue weighted by atomic mass is 35.5. The number of halogens is 1. The Morgan fingerprint density at radius 1 is 0.933 bits per heavy atom. The van der Waals surface area contributed by atoms with E-state index >= 15 is 0 Å². The van der Waals surface area contributed by atoms with Crippen LogP contribution in [0.25, 0.3) is 0 Å². The van der Waals surface area contributed by atoms with E-state index in [2.05, 4.69) is 10.4 Å². The zero-order chi connectivity index (χ0) is 20.8. The van der Waals surface area contributed by atoms with Gasteiger partial charge in [-0.15, -0.1) is 0 Å². The molecule has 1 amide bonds. The molecule has 0 unspecified atom stereocenters. The highest BCUT2D eigenvalue weighted by molar-refractivity contribution is 6.30. The molecule has 0 aliphatic rings. The third-order valence-electron chi connectivity index (χ3n) is 4.55. The van der Waals surface area contributed by atoms with E-state index in [1.807, 2.05) is 60.7 Å². The molecule has 30 heavy (non-hydrogen) atoms. The number of anilines is 1. The van der Waals surface area contributed by atoms with Crippen LogP contribution in [0, 0.1) is 0 Å². The first kappa shape index (κ1) is 19.7. The molecule has 0 saturated carbocycles. The fraction of sp³-hybridized carbons (Fsp3) is 0.0833. The number of hydrogen-bond donors (Lipinski definition) is 1. The zero-order valence-electron chi connectivity index (χ0n) is 16.2. The van der Waals surface area contributed by atoms with Gasteiger partial charge in [-0.1, -0.05) is 60.1 Å². The molecule has 1 heterocycles. The molecule has 5 nitrogen and oxygen atoms in total. The van der Waals surface area contributed by atoms with E-state index in [9.17, 15) is 4.79 Å². The molecule has 4 rings (SSSR count). The third-order valence-corrected chi connectivity index (χ3v) is 4.80. The maximum Gasteiger partial charge on any atom is 0.256 e. The molecule has 0 radical (unpaired) electrons. The van der Waals surface area contributed by atoms with Crippen LogP contribution in [-0.4, -0.2) is 15.7 Å². The van der Waals surface area contributed by atoms with Crippen molar-refractivity contribution in [2.45, 2.75) is 13.2 Å². The van der Waals surface area contributed by atoms with E-state index in [0.717, 1.165) is 11.1 Å². The second-order valence-electron chi connectivity index (χ2n) is 6.76. The monoisotopic (exact) mass is 417 g/mol. The average molecular weight is 418 g/mol. The van der Waals surface area contributed by atoms with Gasteiger partial charge in [0.2, 0.25) is 0 Å². The lowest BCUT2D eigenvalue weighted by Gasteiger charge is -2.11. The van der Waals surface area contributed by atoms with Gasteiger partial charge in [0.25, 0.3) is 5.91 Å². The van der Waals surface area contributed by atoms with Crippen molar-refractivity contribution in [3.05, 3.63) is 113 Å². The Hall–Kier alpha value is -3.57. The van der Waals surface area contributed by atoms with Crippen molar-refractivity contribution in [2.75, 3.05) is 5.32 Å². The average Bonchev–Trinajstić information content (AvgIpc) is 3.21. The van der Waals surface area contributed by atoms with Crippen LogP contribution in [-0.2, 0) is 13.2 Å². The van der Waals surface area contributed by atoms with Crippen molar-refractivity contribution in [1.29, 1.82) is 0 Å². The second-order valence-corrected chi connectivity index (χ2v) is 7.19. The van der Waals surface area contributed by atoms with Gasteiger partial charge in [0.1, 0.15) is 18.2 Å². The molecular weight excluding hydrogens is 398 g/mol. The van der Waals surface area contributed by atoms with Crippen molar-refractivity contribution in [3.8, 4) is 5.75 Å². The van der Waals surface area contributed by atoms with Gasteiger partial charge in [-0.05, 0) is 41.5 Å². The predicted molar refractivity (Wildman–Crippen MR) is 118 cm³/mol. The molecule has 0 saturated heterocycles. The Morgan fingerprint density at radius 3 is 2.53 bits per heavy atom. The van der Waals surface area contributed by atoms with Crippen LogP contribution in [0.1, 0.15) is 21.5 Å². The first-order valence-corrected chi connectivity index (χ1v) is 9.89. The van der Waals surface area contributed by atoms with Crippen LogP contribution in [0.2, 0.25) is 5.02 Å². The van der Waals surface area contributed by atoms with Gasteiger partial charge in [0.05, 0.1) is 12.7 Å². The van der Waals surface area contributed by atoms with Crippen molar-refractivity contribution in [1.82, 2.24) is 9.78 Å². The molecule has 0 atom stereocenters. The van der Waals surface area contributed by atoms with Gasteiger partial charge in [-0.3, -0.25) is 4.79 Å². The summed E-state index contributed by atoms with van der Waals surface area (Å²) in [5.41, 5.74) is 2.62. The highest BCUT2D eigenvalue weighted by Crippen LogP contribution is 2.18. The first-order chi connectivity index (χ1) is 14.7. The number of carbonyl (C=O) groups excluding carboxylic acids is 1. The predicted octanol–water partition coefficient (Wildman–Crippen LogP) is 5.42. The number of carbonyl (C=O) groups is 1. The van der Waals surface area contributed by atoms with Gasteiger partial charge >= 0.3 is 0 Å². The Kier molecular flexibility index (Phi) is 6.11. The third kappa shape index (κ3) is 5.07. The Balaban J connectivity index is 1.42. The summed E-state index contributed by atoms with van der Waals surface area (Å²) in [6.07, 6.45) is 1.66. The molecule has 0 aliphatic carbocycles. The van der Waals surface area contributed by atoms with Gasteiger partial charge in [-0.25, -0.2) is 4.68 Å². The molecule has 3 aromatic carbocycles. The minimum atomic E-state index is -0.224. The number of nitrogens with one attached hydrogen (secondary N) is 1. The molecule has 1 aromatic heterocycles. The molecule has 4 aromatic rings. The summed E-state index contributed by atoms with van der Waals surface area (Å²) in [6.45, 7) is 0.972. The van der Waals surface area contributed by atoms with E-state index in [1.165, 1.54) is 0 Å². The Bertz CT molecular complexity index is 1120. The van der Waals surface area contributed by atoms with E-state index < -0.39 is 0 Å². The topological polar surface area (TPSA) is 56.2 Å². The van der Waals surface area contributed by atoms with Crippen LogP contribution in [0.3, 0.4) is 0 Å². The number of benzene rings is 3. The smallest absolute Gasteiger partial charge is 0.256 e. The summed E-state index contributed by atoms with van der Waals surface area (Å²) in [6, 6.07) is 26.3. The standard InChI is InChI=1S/C24H20ClN3O2/c25-21-11-9-18(10-12-21)16-28-23(13-14-26-28)27-24(29)20-7-4-8-22(15-20)30-17-19-5-2-1-3-6-19/h1-15H,16-17H2,(H,27,29). The number of ether oxygens (including phenoxy) is 1.